The smallest absolute Gasteiger partial charge is 0.408 e. The Bertz CT molecular complexity index is 895. The van der Waals surface area contributed by atoms with Crippen LogP contribution in [0.3, 0.4) is 0 Å². The SMILES string of the molecule is Cc1cccc(C(CN2C(=O)c3ccccc3C2=O)NC(=O)OC(C)(C)C)c1. The topological polar surface area (TPSA) is 75.7 Å². The number of carbonyl (C=O) groups is 3. The maximum atomic E-state index is 12.7. The molecule has 0 aromatic heterocycles. The average molecular weight is 380 g/mol. The normalized spacial score (nSPS) is 14.6. The van der Waals surface area contributed by atoms with E-state index in [-0.39, 0.29) is 18.4 Å². The Hall–Kier alpha value is -3.15. The van der Waals surface area contributed by atoms with E-state index in [0.29, 0.717) is 11.1 Å². The number of alkyl carbamates (subject to hydrolysis) is 1. The average Bonchev–Trinajstić information content (AvgIpc) is 2.85. The molecule has 2 aromatic carbocycles. The lowest BCUT2D eigenvalue weighted by Crippen LogP contribution is -2.42. The van der Waals surface area contributed by atoms with Gasteiger partial charge < -0.3 is 10.1 Å². The van der Waals surface area contributed by atoms with E-state index in [9.17, 15) is 14.4 Å². The van der Waals surface area contributed by atoms with Gasteiger partial charge in [0.05, 0.1) is 23.7 Å². The van der Waals surface area contributed by atoms with Crippen molar-refractivity contribution in [3.63, 3.8) is 0 Å². The van der Waals surface area contributed by atoms with Gasteiger partial charge in [0.15, 0.2) is 0 Å². The van der Waals surface area contributed by atoms with Crippen LogP contribution in [0.2, 0.25) is 0 Å². The van der Waals surface area contributed by atoms with Crippen molar-refractivity contribution in [2.75, 3.05) is 6.54 Å². The van der Waals surface area contributed by atoms with Gasteiger partial charge >= 0.3 is 6.09 Å². The number of hydrogen-bond acceptors (Lipinski definition) is 4. The maximum absolute atomic E-state index is 12.7. The first kappa shape index (κ1) is 19.6. The lowest BCUT2D eigenvalue weighted by Gasteiger charge is -2.26. The van der Waals surface area contributed by atoms with Crippen LogP contribution < -0.4 is 5.32 Å². The molecule has 6 heteroatoms. The van der Waals surface area contributed by atoms with Gasteiger partial charge in [-0.25, -0.2) is 4.79 Å². The summed E-state index contributed by atoms with van der Waals surface area (Å²) in [6.07, 6.45) is -0.601. The maximum Gasteiger partial charge on any atom is 0.408 e. The van der Waals surface area contributed by atoms with Gasteiger partial charge in [-0.05, 0) is 45.4 Å². The molecule has 1 aliphatic heterocycles. The number of aryl methyl sites for hydroxylation is 1. The molecule has 1 heterocycles. The molecule has 1 N–H and O–H groups in total. The zero-order valence-electron chi connectivity index (χ0n) is 16.5. The van der Waals surface area contributed by atoms with Crippen LogP contribution in [0.5, 0.6) is 0 Å². The molecule has 28 heavy (non-hydrogen) atoms. The molecule has 0 saturated carbocycles. The molecule has 0 aliphatic carbocycles. The van der Waals surface area contributed by atoms with Crippen molar-refractivity contribution >= 4 is 17.9 Å². The lowest BCUT2D eigenvalue weighted by atomic mass is 10.0. The molecule has 2 aromatic rings. The van der Waals surface area contributed by atoms with E-state index >= 15 is 0 Å². The van der Waals surface area contributed by atoms with Crippen molar-refractivity contribution in [1.29, 1.82) is 0 Å². The predicted molar refractivity (Wildman–Crippen MR) is 105 cm³/mol. The van der Waals surface area contributed by atoms with Gasteiger partial charge in [-0.1, -0.05) is 42.0 Å². The number of fused-ring (bicyclic) bond motifs is 1. The number of rotatable bonds is 4. The minimum absolute atomic E-state index is 0.0229. The lowest BCUT2D eigenvalue weighted by molar-refractivity contribution is 0.0467. The number of nitrogens with zero attached hydrogens (tertiary/aromatic N) is 1. The fourth-order valence-corrected chi connectivity index (χ4v) is 3.16. The Morgan fingerprint density at radius 2 is 1.64 bits per heavy atom. The largest absolute Gasteiger partial charge is 0.444 e. The summed E-state index contributed by atoms with van der Waals surface area (Å²) in [6.45, 7) is 7.29. The monoisotopic (exact) mass is 380 g/mol. The van der Waals surface area contributed by atoms with Gasteiger partial charge in [0.1, 0.15) is 5.60 Å². The number of nitrogens with one attached hydrogen (secondary N) is 1. The van der Waals surface area contributed by atoms with Crippen molar-refractivity contribution < 1.29 is 19.1 Å². The minimum Gasteiger partial charge on any atom is -0.444 e. The van der Waals surface area contributed by atoms with Crippen molar-refractivity contribution in [2.45, 2.75) is 39.3 Å². The number of amides is 3. The molecule has 0 saturated heterocycles. The summed E-state index contributed by atoms with van der Waals surface area (Å²) in [7, 11) is 0. The molecule has 1 aliphatic rings. The first-order chi connectivity index (χ1) is 13.2. The Kier molecular flexibility index (Phi) is 5.23. The van der Waals surface area contributed by atoms with Gasteiger partial charge in [-0.3, -0.25) is 14.5 Å². The zero-order valence-corrected chi connectivity index (χ0v) is 16.5. The van der Waals surface area contributed by atoms with Gasteiger partial charge in [-0.15, -0.1) is 0 Å². The fraction of sp³-hybridized carbons (Fsp3) is 0.318. The van der Waals surface area contributed by atoms with Crippen LogP contribution in [0.15, 0.2) is 48.5 Å². The predicted octanol–water partition coefficient (Wildman–Crippen LogP) is 3.86. The molecule has 0 bridgehead atoms. The van der Waals surface area contributed by atoms with Gasteiger partial charge in [0, 0.05) is 0 Å². The number of carbonyl (C=O) groups excluding carboxylic acids is 3. The zero-order chi connectivity index (χ0) is 20.5. The van der Waals surface area contributed by atoms with Crippen LogP contribution in [-0.4, -0.2) is 35.0 Å². The van der Waals surface area contributed by atoms with Crippen LogP contribution in [0, 0.1) is 6.92 Å². The first-order valence-electron chi connectivity index (χ1n) is 9.17. The van der Waals surface area contributed by atoms with E-state index in [1.165, 1.54) is 4.90 Å². The third-order valence-electron chi connectivity index (χ3n) is 4.38. The highest BCUT2D eigenvalue weighted by atomic mass is 16.6. The summed E-state index contributed by atoms with van der Waals surface area (Å²) >= 11 is 0. The molecule has 3 rings (SSSR count). The quantitative estimate of drug-likeness (QED) is 0.818. The van der Waals surface area contributed by atoms with Crippen LogP contribution in [0.25, 0.3) is 0 Å². The summed E-state index contributed by atoms with van der Waals surface area (Å²) in [5.41, 5.74) is 1.91. The molecular formula is C22H24N2O4. The third-order valence-corrected chi connectivity index (χ3v) is 4.38. The number of benzene rings is 2. The first-order valence-corrected chi connectivity index (χ1v) is 9.17. The summed E-state index contributed by atoms with van der Waals surface area (Å²) in [5.74, 6) is -0.714. The number of imide groups is 1. The van der Waals surface area contributed by atoms with Crippen LogP contribution in [0.1, 0.15) is 58.7 Å². The highest BCUT2D eigenvalue weighted by Crippen LogP contribution is 2.26. The molecule has 6 nitrogen and oxygen atoms in total. The molecule has 0 spiro atoms. The second-order valence-corrected chi connectivity index (χ2v) is 7.88. The Morgan fingerprint density at radius 3 is 2.18 bits per heavy atom. The second kappa shape index (κ2) is 7.46. The van der Waals surface area contributed by atoms with Crippen molar-refractivity contribution in [3.8, 4) is 0 Å². The molecule has 1 atom stereocenters. The third kappa shape index (κ3) is 4.22. The highest BCUT2D eigenvalue weighted by Gasteiger charge is 2.37. The molecule has 3 amide bonds. The molecule has 146 valence electrons. The van der Waals surface area contributed by atoms with Gasteiger partial charge in [0.2, 0.25) is 0 Å². The van der Waals surface area contributed by atoms with Crippen LogP contribution in [0.4, 0.5) is 4.79 Å². The molecule has 0 fully saturated rings. The van der Waals surface area contributed by atoms with E-state index in [2.05, 4.69) is 5.32 Å². The summed E-state index contributed by atoms with van der Waals surface area (Å²) in [4.78, 5) is 39.0. The van der Waals surface area contributed by atoms with Gasteiger partial charge in [-0.2, -0.15) is 0 Å². The van der Waals surface area contributed by atoms with Crippen molar-refractivity contribution in [2.24, 2.45) is 0 Å². The number of ether oxygens (including phenoxy) is 1. The van der Waals surface area contributed by atoms with Crippen molar-refractivity contribution in [3.05, 3.63) is 70.8 Å². The fourth-order valence-electron chi connectivity index (χ4n) is 3.16. The van der Waals surface area contributed by atoms with Crippen LogP contribution in [-0.2, 0) is 4.74 Å². The Balaban J connectivity index is 1.87. The minimum atomic E-state index is -0.656. The van der Waals surface area contributed by atoms with Crippen molar-refractivity contribution in [1.82, 2.24) is 10.2 Å². The standard InChI is InChI=1S/C22H24N2O4/c1-14-8-7-9-15(12-14)18(23-21(27)28-22(2,3)4)13-24-19(25)16-10-5-6-11-17(16)20(24)26/h5-12,18H,13H2,1-4H3,(H,23,27). The van der Waals surface area contributed by atoms with E-state index in [1.807, 2.05) is 31.2 Å². The van der Waals surface area contributed by atoms with E-state index in [1.54, 1.807) is 45.0 Å². The molecular weight excluding hydrogens is 356 g/mol. The molecule has 0 radical (unpaired) electrons. The van der Waals surface area contributed by atoms with E-state index in [0.717, 1.165) is 11.1 Å². The number of hydrogen-bond donors (Lipinski definition) is 1. The van der Waals surface area contributed by atoms with Gasteiger partial charge in [0.25, 0.3) is 11.8 Å². The van der Waals surface area contributed by atoms with Crippen LogP contribution >= 0.6 is 0 Å². The summed E-state index contributed by atoms with van der Waals surface area (Å²) in [5, 5.41) is 2.80. The van der Waals surface area contributed by atoms with E-state index in [4.69, 9.17) is 4.74 Å². The Morgan fingerprint density at radius 1 is 1.04 bits per heavy atom. The Labute approximate surface area is 164 Å². The summed E-state index contributed by atoms with van der Waals surface area (Å²) < 4.78 is 5.36. The van der Waals surface area contributed by atoms with E-state index < -0.39 is 17.7 Å². The summed E-state index contributed by atoms with van der Waals surface area (Å²) in [6, 6.07) is 13.7. The second-order valence-electron chi connectivity index (χ2n) is 7.88. The highest BCUT2D eigenvalue weighted by molar-refractivity contribution is 6.21. The molecule has 1 unspecified atom stereocenters.